The number of ether oxygens (including phenoxy) is 2. The highest BCUT2D eigenvalue weighted by molar-refractivity contribution is 9.10. The van der Waals surface area contributed by atoms with Gasteiger partial charge in [-0.15, -0.1) is 0 Å². The van der Waals surface area contributed by atoms with Crippen molar-refractivity contribution in [3.8, 4) is 0 Å². The van der Waals surface area contributed by atoms with Gasteiger partial charge in [0.25, 0.3) is 5.54 Å². The Bertz CT molecular complexity index is 792. The highest BCUT2D eigenvalue weighted by Gasteiger charge is 2.32. The molecule has 1 aromatic heterocycles. The van der Waals surface area contributed by atoms with Gasteiger partial charge in [-0.05, 0) is 26.0 Å². The van der Waals surface area contributed by atoms with Crippen molar-refractivity contribution >= 4 is 26.8 Å². The lowest BCUT2D eigenvalue weighted by Crippen LogP contribution is -2.40. The Hall–Kier alpha value is -1.35. The highest BCUT2D eigenvalue weighted by atomic mass is 79.9. The van der Waals surface area contributed by atoms with Gasteiger partial charge in [0, 0.05) is 47.9 Å². The van der Waals surface area contributed by atoms with Crippen LogP contribution in [0.4, 0.5) is 0 Å². The lowest BCUT2D eigenvalue weighted by Gasteiger charge is -2.35. The Balaban J connectivity index is 1.96. The topological polar surface area (TPSA) is 27.8 Å². The van der Waals surface area contributed by atoms with E-state index in [1.807, 2.05) is 33.8 Å². The maximum atomic E-state index is 7.53. The Morgan fingerprint density at radius 2 is 2.00 bits per heavy atom. The number of aromatic nitrogens is 1. The third kappa shape index (κ3) is 3.37. The van der Waals surface area contributed by atoms with Crippen molar-refractivity contribution in [2.24, 2.45) is 5.92 Å². The molecular formula is C19H23BrN2O2. The standard InChI is InChI=1S/C19H23BrN2O2/c1-18(2,21-5)16-10-22(17-8-14(20)6-7-15(16)17)9-13-11-23-19(3,4)24-12-13/h6-8,10,13H,9,11-12H2,1-4H3. The number of nitrogens with zero attached hydrogens (tertiary/aromatic N) is 2. The lowest BCUT2D eigenvalue weighted by molar-refractivity contribution is -0.263. The van der Waals surface area contributed by atoms with E-state index in [0.29, 0.717) is 19.1 Å². The molecule has 0 bridgehead atoms. The van der Waals surface area contributed by atoms with E-state index in [0.717, 1.165) is 27.5 Å². The first kappa shape index (κ1) is 17.5. The van der Waals surface area contributed by atoms with Crippen molar-refractivity contribution in [2.75, 3.05) is 13.2 Å². The minimum atomic E-state index is -0.543. The van der Waals surface area contributed by atoms with Crippen molar-refractivity contribution in [3.05, 3.63) is 45.8 Å². The van der Waals surface area contributed by atoms with Crippen molar-refractivity contribution in [1.29, 1.82) is 0 Å². The molecule has 0 amide bonds. The highest BCUT2D eigenvalue weighted by Crippen LogP contribution is 2.35. The summed E-state index contributed by atoms with van der Waals surface area (Å²) in [6.45, 7) is 17.5. The molecule has 2 aromatic rings. The van der Waals surface area contributed by atoms with Crippen LogP contribution in [0.3, 0.4) is 0 Å². The van der Waals surface area contributed by atoms with E-state index in [4.69, 9.17) is 16.0 Å². The van der Waals surface area contributed by atoms with Crippen LogP contribution < -0.4 is 0 Å². The summed E-state index contributed by atoms with van der Waals surface area (Å²) >= 11 is 3.56. The van der Waals surface area contributed by atoms with Gasteiger partial charge in [-0.25, -0.2) is 6.57 Å². The average Bonchev–Trinajstić information content (AvgIpc) is 2.88. The average molecular weight is 391 g/mol. The third-order valence-corrected chi connectivity index (χ3v) is 5.06. The zero-order valence-corrected chi connectivity index (χ0v) is 16.2. The van der Waals surface area contributed by atoms with Gasteiger partial charge in [0.05, 0.1) is 18.8 Å². The molecule has 0 N–H and O–H groups in total. The first-order valence-electron chi connectivity index (χ1n) is 8.17. The van der Waals surface area contributed by atoms with Crippen LogP contribution in [0.15, 0.2) is 28.9 Å². The van der Waals surface area contributed by atoms with Crippen LogP contribution in [-0.4, -0.2) is 23.6 Å². The SMILES string of the molecule is [C-]#[N+]C(C)(C)c1cn(CC2COC(C)(C)OC2)c2cc(Br)ccc12. The second-order valence-electron chi connectivity index (χ2n) is 7.42. The smallest absolute Gasteiger partial charge is 0.254 e. The van der Waals surface area contributed by atoms with Crippen molar-refractivity contribution < 1.29 is 9.47 Å². The third-order valence-electron chi connectivity index (χ3n) is 4.57. The van der Waals surface area contributed by atoms with Crippen molar-refractivity contribution in [2.45, 2.75) is 45.6 Å². The van der Waals surface area contributed by atoms with E-state index in [9.17, 15) is 0 Å². The van der Waals surface area contributed by atoms with Crippen LogP contribution >= 0.6 is 15.9 Å². The molecule has 0 unspecified atom stereocenters. The van der Waals surface area contributed by atoms with E-state index < -0.39 is 11.3 Å². The van der Waals surface area contributed by atoms with E-state index in [1.165, 1.54) is 0 Å². The van der Waals surface area contributed by atoms with Gasteiger partial charge < -0.3 is 18.9 Å². The molecule has 1 aliphatic heterocycles. The Morgan fingerprint density at radius 1 is 1.33 bits per heavy atom. The van der Waals surface area contributed by atoms with Gasteiger partial charge in [-0.3, -0.25) is 0 Å². The zero-order chi connectivity index (χ0) is 17.5. The minimum Gasteiger partial charge on any atom is -0.350 e. The molecule has 4 nitrogen and oxygen atoms in total. The van der Waals surface area contributed by atoms with Crippen LogP contribution in [0.1, 0.15) is 33.3 Å². The molecule has 1 saturated heterocycles. The largest absolute Gasteiger partial charge is 0.350 e. The lowest BCUT2D eigenvalue weighted by atomic mass is 9.95. The summed E-state index contributed by atoms with van der Waals surface area (Å²) in [6, 6.07) is 6.24. The Morgan fingerprint density at radius 3 is 2.62 bits per heavy atom. The first-order valence-corrected chi connectivity index (χ1v) is 8.96. The van der Waals surface area contributed by atoms with Crippen LogP contribution in [0.25, 0.3) is 15.7 Å². The fraction of sp³-hybridized carbons (Fsp3) is 0.526. The minimum absolute atomic E-state index is 0.302. The van der Waals surface area contributed by atoms with Gasteiger partial charge in [0.1, 0.15) is 0 Å². The van der Waals surface area contributed by atoms with Gasteiger partial charge in [-0.2, -0.15) is 0 Å². The van der Waals surface area contributed by atoms with Gasteiger partial charge in [0.15, 0.2) is 5.79 Å². The summed E-state index contributed by atoms with van der Waals surface area (Å²) in [7, 11) is 0. The summed E-state index contributed by atoms with van der Waals surface area (Å²) in [5.41, 5.74) is 1.66. The summed E-state index contributed by atoms with van der Waals surface area (Å²) in [5, 5.41) is 1.14. The maximum absolute atomic E-state index is 7.53. The molecule has 3 rings (SSSR count). The molecule has 1 aliphatic rings. The molecule has 0 aliphatic carbocycles. The van der Waals surface area contributed by atoms with E-state index in [1.54, 1.807) is 0 Å². The van der Waals surface area contributed by atoms with E-state index in [2.05, 4.69) is 43.7 Å². The molecule has 128 valence electrons. The molecular weight excluding hydrogens is 368 g/mol. The van der Waals surface area contributed by atoms with E-state index >= 15 is 0 Å². The van der Waals surface area contributed by atoms with Crippen LogP contribution in [-0.2, 0) is 21.6 Å². The van der Waals surface area contributed by atoms with Crippen LogP contribution in [0.5, 0.6) is 0 Å². The second kappa shape index (κ2) is 6.18. The van der Waals surface area contributed by atoms with Gasteiger partial charge in [-0.1, -0.05) is 22.0 Å². The number of fused-ring (bicyclic) bond motifs is 1. The quantitative estimate of drug-likeness (QED) is 0.692. The number of hydrogen-bond acceptors (Lipinski definition) is 2. The van der Waals surface area contributed by atoms with Crippen LogP contribution in [0.2, 0.25) is 0 Å². The maximum Gasteiger partial charge on any atom is 0.254 e. The van der Waals surface area contributed by atoms with E-state index in [-0.39, 0.29) is 0 Å². The summed E-state index contributed by atoms with van der Waals surface area (Å²) < 4.78 is 14.9. The number of rotatable bonds is 3. The fourth-order valence-corrected chi connectivity index (χ4v) is 3.42. The van der Waals surface area contributed by atoms with Crippen LogP contribution in [0, 0.1) is 12.5 Å². The summed E-state index contributed by atoms with van der Waals surface area (Å²) in [5.74, 6) is -0.188. The molecule has 0 radical (unpaired) electrons. The normalized spacial score (nSPS) is 18.7. The number of halogens is 1. The predicted molar refractivity (Wildman–Crippen MR) is 98.7 cm³/mol. The monoisotopic (exact) mass is 390 g/mol. The van der Waals surface area contributed by atoms with Gasteiger partial charge in [0.2, 0.25) is 0 Å². The predicted octanol–water partition coefficient (Wildman–Crippen LogP) is 4.96. The molecule has 24 heavy (non-hydrogen) atoms. The summed E-state index contributed by atoms with van der Waals surface area (Å²) in [4.78, 5) is 3.82. The molecule has 1 fully saturated rings. The first-order chi connectivity index (χ1) is 11.2. The summed E-state index contributed by atoms with van der Waals surface area (Å²) in [6.07, 6.45) is 2.12. The zero-order valence-electron chi connectivity index (χ0n) is 14.6. The molecule has 1 aromatic carbocycles. The molecule has 2 heterocycles. The molecule has 5 heteroatoms. The Kier molecular flexibility index (Phi) is 4.50. The van der Waals surface area contributed by atoms with Crippen molar-refractivity contribution in [3.63, 3.8) is 0 Å². The van der Waals surface area contributed by atoms with Gasteiger partial charge >= 0.3 is 0 Å². The molecule has 0 atom stereocenters. The Labute approximate surface area is 151 Å². The number of benzene rings is 1. The second-order valence-corrected chi connectivity index (χ2v) is 8.33. The molecule has 0 saturated carbocycles. The fourth-order valence-electron chi connectivity index (χ4n) is 3.07. The molecule has 0 spiro atoms. The number of hydrogen-bond donors (Lipinski definition) is 0. The van der Waals surface area contributed by atoms with Crippen molar-refractivity contribution in [1.82, 2.24) is 4.57 Å².